The summed E-state index contributed by atoms with van der Waals surface area (Å²) < 4.78 is 0. The Labute approximate surface area is 127 Å². The van der Waals surface area contributed by atoms with Crippen molar-refractivity contribution >= 4 is 16.5 Å². The fourth-order valence-corrected chi connectivity index (χ4v) is 3.61. The minimum absolute atomic E-state index is 0.162. The first-order valence-corrected chi connectivity index (χ1v) is 8.69. The lowest BCUT2D eigenvalue weighted by Crippen LogP contribution is -2.35. The van der Waals surface area contributed by atoms with Gasteiger partial charge in [0.2, 0.25) is 0 Å². The molecule has 1 saturated heterocycles. The maximum absolute atomic E-state index is 4.92. The van der Waals surface area contributed by atoms with Crippen LogP contribution in [0.5, 0.6) is 0 Å². The van der Waals surface area contributed by atoms with Crippen LogP contribution in [0.1, 0.15) is 58.0 Å². The molecule has 1 unspecified atom stereocenters. The van der Waals surface area contributed by atoms with Crippen molar-refractivity contribution in [1.82, 2.24) is 10.3 Å². The highest BCUT2D eigenvalue weighted by molar-refractivity contribution is 7.15. The van der Waals surface area contributed by atoms with E-state index in [0.29, 0.717) is 0 Å². The van der Waals surface area contributed by atoms with E-state index >= 15 is 0 Å². The first-order valence-electron chi connectivity index (χ1n) is 7.87. The van der Waals surface area contributed by atoms with Gasteiger partial charge in [-0.3, -0.25) is 0 Å². The summed E-state index contributed by atoms with van der Waals surface area (Å²) in [4.78, 5) is 8.82. The molecule has 4 heteroatoms. The van der Waals surface area contributed by atoms with Crippen LogP contribution in [-0.2, 0) is 13.0 Å². The van der Waals surface area contributed by atoms with Gasteiger partial charge in [0.05, 0.1) is 5.69 Å². The summed E-state index contributed by atoms with van der Waals surface area (Å²) in [6, 6.07) is 0. The second-order valence-corrected chi connectivity index (χ2v) is 8.12. The zero-order chi connectivity index (χ0) is 14.8. The van der Waals surface area contributed by atoms with E-state index in [4.69, 9.17) is 4.98 Å². The molecule has 0 saturated carbocycles. The van der Waals surface area contributed by atoms with Gasteiger partial charge in [-0.2, -0.15) is 0 Å². The molecule has 20 heavy (non-hydrogen) atoms. The van der Waals surface area contributed by atoms with Gasteiger partial charge in [0, 0.05) is 30.1 Å². The lowest BCUT2D eigenvalue weighted by molar-refractivity contribution is 0.425. The number of nitrogens with one attached hydrogen (secondary N) is 1. The minimum atomic E-state index is 0.162. The monoisotopic (exact) mass is 295 g/mol. The molecule has 0 aromatic carbocycles. The van der Waals surface area contributed by atoms with E-state index in [9.17, 15) is 0 Å². The number of hydrogen-bond acceptors (Lipinski definition) is 4. The van der Waals surface area contributed by atoms with Crippen molar-refractivity contribution in [3.8, 4) is 0 Å². The van der Waals surface area contributed by atoms with E-state index in [1.165, 1.54) is 41.6 Å². The van der Waals surface area contributed by atoms with Crippen molar-refractivity contribution < 1.29 is 0 Å². The number of nitrogens with zero attached hydrogens (tertiary/aromatic N) is 2. The third-order valence-electron chi connectivity index (χ3n) is 3.73. The van der Waals surface area contributed by atoms with Gasteiger partial charge in [-0.05, 0) is 39.5 Å². The third kappa shape index (κ3) is 4.19. The van der Waals surface area contributed by atoms with Crippen molar-refractivity contribution in [1.29, 1.82) is 0 Å². The molecule has 1 aromatic rings. The summed E-state index contributed by atoms with van der Waals surface area (Å²) in [5.41, 5.74) is 1.47. The van der Waals surface area contributed by atoms with Crippen molar-refractivity contribution in [2.45, 2.75) is 66.0 Å². The Kier molecular flexibility index (Phi) is 5.08. The molecule has 2 rings (SSSR count). The number of aryl methyl sites for hydroxylation is 1. The Morgan fingerprint density at radius 1 is 1.40 bits per heavy atom. The normalized spacial score (nSPS) is 19.9. The van der Waals surface area contributed by atoms with Gasteiger partial charge in [0.1, 0.15) is 0 Å². The van der Waals surface area contributed by atoms with Crippen LogP contribution < -0.4 is 10.2 Å². The predicted molar refractivity (Wildman–Crippen MR) is 88.7 cm³/mol. The Hall–Kier alpha value is -0.610. The van der Waals surface area contributed by atoms with Crippen LogP contribution in [0.15, 0.2) is 0 Å². The second kappa shape index (κ2) is 6.44. The lowest BCUT2D eigenvalue weighted by atomic mass is 10.1. The smallest absolute Gasteiger partial charge is 0.185 e. The fraction of sp³-hybridized carbons (Fsp3) is 0.812. The van der Waals surface area contributed by atoms with E-state index in [1.54, 1.807) is 0 Å². The quantitative estimate of drug-likeness (QED) is 0.895. The Balaban J connectivity index is 2.11. The van der Waals surface area contributed by atoms with E-state index in [2.05, 4.69) is 44.8 Å². The highest BCUT2D eigenvalue weighted by atomic mass is 32.1. The number of hydrogen-bond donors (Lipinski definition) is 1. The first-order chi connectivity index (χ1) is 9.39. The van der Waals surface area contributed by atoms with Crippen LogP contribution in [0, 0.1) is 5.92 Å². The SMILES string of the molecule is CCCc1nc(N2CCC(C)C2)sc1CNC(C)(C)C. The molecule has 1 aliphatic rings. The summed E-state index contributed by atoms with van der Waals surface area (Å²) >= 11 is 1.89. The average Bonchev–Trinajstić information content (AvgIpc) is 2.93. The van der Waals surface area contributed by atoms with Crippen LogP contribution in [0.3, 0.4) is 0 Å². The molecule has 0 spiro atoms. The molecule has 3 nitrogen and oxygen atoms in total. The molecule has 0 amide bonds. The molecule has 0 aliphatic carbocycles. The van der Waals surface area contributed by atoms with Crippen LogP contribution in [0.25, 0.3) is 0 Å². The van der Waals surface area contributed by atoms with Crippen molar-refractivity contribution in [3.05, 3.63) is 10.6 Å². The van der Waals surface area contributed by atoms with E-state index in [-0.39, 0.29) is 5.54 Å². The molecule has 1 atom stereocenters. The van der Waals surface area contributed by atoms with Crippen LogP contribution in [-0.4, -0.2) is 23.6 Å². The van der Waals surface area contributed by atoms with E-state index < -0.39 is 0 Å². The number of aromatic nitrogens is 1. The highest BCUT2D eigenvalue weighted by Crippen LogP contribution is 2.31. The Morgan fingerprint density at radius 2 is 2.15 bits per heavy atom. The molecule has 1 N–H and O–H groups in total. The lowest BCUT2D eigenvalue weighted by Gasteiger charge is -2.20. The van der Waals surface area contributed by atoms with Crippen molar-refractivity contribution in [2.75, 3.05) is 18.0 Å². The number of thiazole rings is 1. The standard InChI is InChI=1S/C16H29N3S/c1-6-7-13-14(10-17-16(3,4)5)20-15(18-13)19-9-8-12(2)11-19/h12,17H,6-11H2,1-5H3. The molecule has 1 aromatic heterocycles. The van der Waals surface area contributed by atoms with Crippen LogP contribution in [0.2, 0.25) is 0 Å². The largest absolute Gasteiger partial charge is 0.348 e. The number of rotatable bonds is 5. The third-order valence-corrected chi connectivity index (χ3v) is 4.89. The van der Waals surface area contributed by atoms with Gasteiger partial charge < -0.3 is 10.2 Å². The van der Waals surface area contributed by atoms with E-state index in [0.717, 1.165) is 18.9 Å². The van der Waals surface area contributed by atoms with Gasteiger partial charge in [-0.25, -0.2) is 4.98 Å². The Morgan fingerprint density at radius 3 is 2.70 bits per heavy atom. The average molecular weight is 295 g/mol. The summed E-state index contributed by atoms with van der Waals surface area (Å²) in [6.45, 7) is 14.5. The van der Waals surface area contributed by atoms with Gasteiger partial charge in [-0.15, -0.1) is 11.3 Å². The molecule has 0 bridgehead atoms. The van der Waals surface area contributed by atoms with Gasteiger partial charge in [0.15, 0.2) is 5.13 Å². The summed E-state index contributed by atoms with van der Waals surface area (Å²) in [5, 5.41) is 4.84. The topological polar surface area (TPSA) is 28.2 Å². The van der Waals surface area contributed by atoms with E-state index in [1.807, 2.05) is 11.3 Å². The maximum Gasteiger partial charge on any atom is 0.185 e. The molecular weight excluding hydrogens is 266 g/mol. The van der Waals surface area contributed by atoms with Crippen molar-refractivity contribution in [3.63, 3.8) is 0 Å². The predicted octanol–water partition coefficient (Wildman–Crippen LogP) is 3.83. The summed E-state index contributed by atoms with van der Waals surface area (Å²) in [7, 11) is 0. The molecular formula is C16H29N3S. The summed E-state index contributed by atoms with van der Waals surface area (Å²) in [5.74, 6) is 0.810. The fourth-order valence-electron chi connectivity index (χ4n) is 2.53. The zero-order valence-corrected chi connectivity index (χ0v) is 14.4. The number of anilines is 1. The zero-order valence-electron chi connectivity index (χ0n) is 13.6. The molecule has 1 fully saturated rings. The maximum atomic E-state index is 4.92. The molecule has 1 aliphatic heterocycles. The summed E-state index contributed by atoms with van der Waals surface area (Å²) in [6.07, 6.45) is 3.57. The van der Waals surface area contributed by atoms with Crippen LogP contribution in [0.4, 0.5) is 5.13 Å². The first kappa shape index (κ1) is 15.8. The Bertz CT molecular complexity index is 433. The van der Waals surface area contributed by atoms with Gasteiger partial charge >= 0.3 is 0 Å². The van der Waals surface area contributed by atoms with Gasteiger partial charge in [-0.1, -0.05) is 20.3 Å². The molecule has 0 radical (unpaired) electrons. The minimum Gasteiger partial charge on any atom is -0.348 e. The van der Waals surface area contributed by atoms with Gasteiger partial charge in [0.25, 0.3) is 0 Å². The van der Waals surface area contributed by atoms with Crippen molar-refractivity contribution in [2.24, 2.45) is 5.92 Å². The van der Waals surface area contributed by atoms with Crippen LogP contribution >= 0.6 is 11.3 Å². The highest BCUT2D eigenvalue weighted by Gasteiger charge is 2.23. The second-order valence-electron chi connectivity index (χ2n) is 7.06. The molecule has 114 valence electrons. The molecule has 2 heterocycles.